The molecule has 4 heteroatoms. The molecule has 0 radical (unpaired) electrons. The van der Waals surface area contributed by atoms with Crippen LogP contribution in [0.4, 0.5) is 0 Å². The molecule has 70 valence electrons. The van der Waals surface area contributed by atoms with E-state index >= 15 is 0 Å². The van der Waals surface area contributed by atoms with Gasteiger partial charge in [-0.2, -0.15) is 0 Å². The van der Waals surface area contributed by atoms with E-state index in [0.29, 0.717) is 0 Å². The molecule has 0 aromatic rings. The minimum Gasteiger partial charge on any atom is -0.478 e. The second-order valence-electron chi connectivity index (χ2n) is 3.65. The molecular formula is C9H12N2O2. The zero-order chi connectivity index (χ0) is 8.73. The molecule has 0 N–H and O–H groups in total. The van der Waals surface area contributed by atoms with Crippen molar-refractivity contribution in [2.45, 2.75) is 12.8 Å². The van der Waals surface area contributed by atoms with Gasteiger partial charge in [0.2, 0.25) is 0 Å². The van der Waals surface area contributed by atoms with E-state index in [9.17, 15) is 0 Å². The smallest absolute Gasteiger partial charge is 0.199 e. The van der Waals surface area contributed by atoms with Crippen LogP contribution in [0.2, 0.25) is 0 Å². The number of aliphatic imine (C=N–C) groups is 2. The topological polar surface area (TPSA) is 43.2 Å². The molecule has 0 aromatic carbocycles. The van der Waals surface area contributed by atoms with Gasteiger partial charge in [-0.1, -0.05) is 0 Å². The molecule has 3 aliphatic rings. The Morgan fingerprint density at radius 2 is 1.46 bits per heavy atom. The standard InChI is InChI=1S/C9H12N2O2/c1-2-9(1,7-10-3-5-12-7)8-11-4-6-13-8/h1-6H2. The van der Waals surface area contributed by atoms with Crippen molar-refractivity contribution >= 4 is 11.8 Å². The van der Waals surface area contributed by atoms with Crippen molar-refractivity contribution in [2.24, 2.45) is 15.4 Å². The van der Waals surface area contributed by atoms with Crippen molar-refractivity contribution in [2.75, 3.05) is 26.3 Å². The van der Waals surface area contributed by atoms with Crippen molar-refractivity contribution in [1.29, 1.82) is 0 Å². The largest absolute Gasteiger partial charge is 0.478 e. The summed E-state index contributed by atoms with van der Waals surface area (Å²) in [5.74, 6) is 1.74. The average molecular weight is 180 g/mol. The summed E-state index contributed by atoms with van der Waals surface area (Å²) in [5.41, 5.74) is -0.0347. The van der Waals surface area contributed by atoms with Crippen LogP contribution in [0.1, 0.15) is 12.8 Å². The maximum Gasteiger partial charge on any atom is 0.199 e. The van der Waals surface area contributed by atoms with E-state index in [-0.39, 0.29) is 5.41 Å². The lowest BCUT2D eigenvalue weighted by Gasteiger charge is -2.13. The highest BCUT2D eigenvalue weighted by molar-refractivity contribution is 6.08. The maximum absolute atomic E-state index is 5.48. The SMILES string of the molecule is C1COC(C2(C3=NCCO3)CC2)=N1. The predicted molar refractivity (Wildman–Crippen MR) is 48.2 cm³/mol. The zero-order valence-corrected chi connectivity index (χ0v) is 7.45. The van der Waals surface area contributed by atoms with Gasteiger partial charge in [0, 0.05) is 0 Å². The van der Waals surface area contributed by atoms with Gasteiger partial charge < -0.3 is 9.47 Å². The van der Waals surface area contributed by atoms with Crippen LogP contribution < -0.4 is 0 Å². The van der Waals surface area contributed by atoms with E-state index in [0.717, 1.165) is 50.9 Å². The third kappa shape index (κ3) is 0.975. The van der Waals surface area contributed by atoms with E-state index < -0.39 is 0 Å². The Kier molecular flexibility index (Phi) is 1.39. The highest BCUT2D eigenvalue weighted by atomic mass is 16.5. The van der Waals surface area contributed by atoms with Crippen LogP contribution in [0, 0.1) is 5.41 Å². The first kappa shape index (κ1) is 7.35. The Morgan fingerprint density at radius 3 is 1.77 bits per heavy atom. The first-order valence-corrected chi connectivity index (χ1v) is 4.77. The molecule has 2 aliphatic heterocycles. The molecule has 0 aromatic heterocycles. The van der Waals surface area contributed by atoms with Crippen molar-refractivity contribution in [3.8, 4) is 0 Å². The Hall–Kier alpha value is -1.06. The second-order valence-corrected chi connectivity index (χ2v) is 3.65. The van der Waals surface area contributed by atoms with E-state index in [1.807, 2.05) is 0 Å². The van der Waals surface area contributed by atoms with Crippen LogP contribution in [0.25, 0.3) is 0 Å². The maximum atomic E-state index is 5.48. The van der Waals surface area contributed by atoms with Gasteiger partial charge in [0.15, 0.2) is 11.8 Å². The molecular weight excluding hydrogens is 168 g/mol. The predicted octanol–water partition coefficient (Wildman–Crippen LogP) is 0.624. The molecule has 1 fully saturated rings. The minimum atomic E-state index is -0.0347. The lowest BCUT2D eigenvalue weighted by molar-refractivity contribution is 0.301. The average Bonchev–Trinajstić information content (AvgIpc) is 2.68. The molecule has 4 nitrogen and oxygen atoms in total. The van der Waals surface area contributed by atoms with E-state index in [1.165, 1.54) is 0 Å². The summed E-state index contributed by atoms with van der Waals surface area (Å²) in [6.45, 7) is 3.05. The lowest BCUT2D eigenvalue weighted by atomic mass is 10.1. The highest BCUT2D eigenvalue weighted by Crippen LogP contribution is 2.50. The van der Waals surface area contributed by atoms with Crippen molar-refractivity contribution in [1.82, 2.24) is 0 Å². The molecule has 0 atom stereocenters. The van der Waals surface area contributed by atoms with Crippen molar-refractivity contribution in [3.05, 3.63) is 0 Å². The van der Waals surface area contributed by atoms with Crippen LogP contribution >= 0.6 is 0 Å². The van der Waals surface area contributed by atoms with Crippen molar-refractivity contribution < 1.29 is 9.47 Å². The Labute approximate surface area is 76.7 Å². The monoisotopic (exact) mass is 180 g/mol. The van der Waals surface area contributed by atoms with Crippen LogP contribution in [-0.2, 0) is 9.47 Å². The van der Waals surface area contributed by atoms with Gasteiger partial charge >= 0.3 is 0 Å². The van der Waals surface area contributed by atoms with E-state index in [2.05, 4.69) is 9.98 Å². The molecule has 1 saturated carbocycles. The summed E-state index contributed by atoms with van der Waals surface area (Å²) in [7, 11) is 0. The molecule has 0 saturated heterocycles. The first-order chi connectivity index (χ1) is 6.42. The Balaban J connectivity index is 1.87. The van der Waals surface area contributed by atoms with Gasteiger partial charge in [-0.3, -0.25) is 9.98 Å². The molecule has 1 aliphatic carbocycles. The normalized spacial score (nSPS) is 28.9. The van der Waals surface area contributed by atoms with Gasteiger partial charge in [-0.15, -0.1) is 0 Å². The van der Waals surface area contributed by atoms with Gasteiger partial charge in [0.25, 0.3) is 0 Å². The summed E-state index contributed by atoms with van der Waals surface area (Å²) in [4.78, 5) is 8.70. The Bertz CT molecular complexity index is 266. The van der Waals surface area contributed by atoms with E-state index in [1.54, 1.807) is 0 Å². The molecule has 13 heavy (non-hydrogen) atoms. The van der Waals surface area contributed by atoms with E-state index in [4.69, 9.17) is 9.47 Å². The lowest BCUT2D eigenvalue weighted by Crippen LogP contribution is -2.26. The number of nitrogens with zero attached hydrogens (tertiary/aromatic N) is 2. The fraction of sp³-hybridized carbons (Fsp3) is 0.778. The fourth-order valence-corrected chi connectivity index (χ4v) is 1.89. The quantitative estimate of drug-likeness (QED) is 0.625. The first-order valence-electron chi connectivity index (χ1n) is 4.77. The third-order valence-electron chi connectivity index (χ3n) is 2.74. The number of hydrogen-bond acceptors (Lipinski definition) is 4. The summed E-state index contributed by atoms with van der Waals surface area (Å²) in [6, 6.07) is 0. The molecule has 0 spiro atoms. The minimum absolute atomic E-state index is 0.0347. The summed E-state index contributed by atoms with van der Waals surface area (Å²) >= 11 is 0. The highest BCUT2D eigenvalue weighted by Gasteiger charge is 2.56. The van der Waals surface area contributed by atoms with Gasteiger partial charge in [0.1, 0.15) is 18.6 Å². The van der Waals surface area contributed by atoms with Crippen LogP contribution in [-0.4, -0.2) is 38.1 Å². The number of ether oxygens (including phenoxy) is 2. The molecule has 3 rings (SSSR count). The zero-order valence-electron chi connectivity index (χ0n) is 7.45. The van der Waals surface area contributed by atoms with Gasteiger partial charge in [-0.05, 0) is 12.8 Å². The fourth-order valence-electron chi connectivity index (χ4n) is 1.89. The molecule has 2 heterocycles. The summed E-state index contributed by atoms with van der Waals surface area (Å²) in [5, 5.41) is 0. The van der Waals surface area contributed by atoms with Crippen LogP contribution in [0.5, 0.6) is 0 Å². The van der Waals surface area contributed by atoms with Crippen LogP contribution in [0.3, 0.4) is 0 Å². The number of hydrogen-bond donors (Lipinski definition) is 0. The Morgan fingerprint density at radius 1 is 0.923 bits per heavy atom. The third-order valence-corrected chi connectivity index (χ3v) is 2.74. The molecule has 0 unspecified atom stereocenters. The van der Waals surface area contributed by atoms with Gasteiger partial charge in [-0.25, -0.2) is 0 Å². The summed E-state index contributed by atoms with van der Waals surface area (Å²) in [6.07, 6.45) is 2.18. The second kappa shape index (κ2) is 2.47. The molecule has 0 amide bonds. The summed E-state index contributed by atoms with van der Waals surface area (Å²) < 4.78 is 11.0. The van der Waals surface area contributed by atoms with Crippen LogP contribution in [0.15, 0.2) is 9.98 Å². The van der Waals surface area contributed by atoms with Gasteiger partial charge in [0.05, 0.1) is 13.1 Å². The number of rotatable bonds is 2. The van der Waals surface area contributed by atoms with Crippen molar-refractivity contribution in [3.63, 3.8) is 0 Å². The molecule has 0 bridgehead atoms.